The number of carbonyl (C=O) groups excluding carboxylic acids is 3. The number of nitrogens with one attached hydrogen (secondary N) is 1. The number of anilines is 3. The highest BCUT2D eigenvalue weighted by Crippen LogP contribution is 2.29. The monoisotopic (exact) mass is 432 g/mol. The molecule has 0 aliphatic heterocycles. The zero-order valence-corrected chi connectivity index (χ0v) is 18.2. The SMILES string of the molecule is CC(=O)N(C)c1cc(N=S(=O)=O)cc(N(C)C(C)=O)c1.CC(=O)Nc1ccccc1. The molecule has 1 N–H and O–H groups in total. The van der Waals surface area contributed by atoms with E-state index in [0.717, 1.165) is 5.69 Å². The molecule has 10 heteroatoms. The lowest BCUT2D eigenvalue weighted by molar-refractivity contribution is -0.117. The van der Waals surface area contributed by atoms with Gasteiger partial charge in [0, 0.05) is 51.9 Å². The fourth-order valence-corrected chi connectivity index (χ4v) is 2.47. The summed E-state index contributed by atoms with van der Waals surface area (Å²) in [6.07, 6.45) is 0. The molecule has 0 bridgehead atoms. The Bertz CT molecular complexity index is 1010. The molecule has 3 amide bonds. The van der Waals surface area contributed by atoms with Crippen molar-refractivity contribution < 1.29 is 22.8 Å². The van der Waals surface area contributed by atoms with Crippen molar-refractivity contribution in [3.05, 3.63) is 48.5 Å². The Morgan fingerprint density at radius 1 is 0.833 bits per heavy atom. The van der Waals surface area contributed by atoms with Crippen LogP contribution in [0.4, 0.5) is 22.7 Å². The van der Waals surface area contributed by atoms with Crippen LogP contribution in [0.15, 0.2) is 52.9 Å². The molecule has 0 heterocycles. The number of carbonyl (C=O) groups is 3. The average Bonchev–Trinajstić information content (AvgIpc) is 2.66. The van der Waals surface area contributed by atoms with Crippen LogP contribution in [-0.4, -0.2) is 40.2 Å². The summed E-state index contributed by atoms with van der Waals surface area (Å²) in [6, 6.07) is 13.9. The minimum absolute atomic E-state index is 0.0359. The first-order valence-electron chi connectivity index (χ1n) is 8.78. The van der Waals surface area contributed by atoms with Crippen LogP contribution in [0, 0.1) is 0 Å². The third kappa shape index (κ3) is 8.23. The van der Waals surface area contributed by atoms with Crippen LogP contribution < -0.4 is 15.1 Å². The van der Waals surface area contributed by atoms with Crippen molar-refractivity contribution in [3.63, 3.8) is 0 Å². The summed E-state index contributed by atoms with van der Waals surface area (Å²) in [4.78, 5) is 35.9. The largest absolute Gasteiger partial charge is 0.326 e. The molecule has 0 fully saturated rings. The molecular weight excluding hydrogens is 408 g/mol. The fourth-order valence-electron chi connectivity index (χ4n) is 2.19. The van der Waals surface area contributed by atoms with Gasteiger partial charge in [-0.3, -0.25) is 14.4 Å². The lowest BCUT2D eigenvalue weighted by atomic mass is 10.2. The second kappa shape index (κ2) is 11.5. The summed E-state index contributed by atoms with van der Waals surface area (Å²) in [5.41, 5.74) is 1.89. The Kier molecular flexibility index (Phi) is 9.37. The van der Waals surface area contributed by atoms with E-state index in [1.165, 1.54) is 42.7 Å². The topological polar surface area (TPSA) is 116 Å². The van der Waals surface area contributed by atoms with E-state index in [1.807, 2.05) is 30.3 Å². The number of benzene rings is 2. The number of hydrogen-bond donors (Lipinski definition) is 1. The lowest BCUT2D eigenvalue weighted by Crippen LogP contribution is -2.25. The van der Waals surface area contributed by atoms with Gasteiger partial charge >= 0.3 is 10.5 Å². The van der Waals surface area contributed by atoms with Gasteiger partial charge in [0.1, 0.15) is 0 Å². The van der Waals surface area contributed by atoms with E-state index in [2.05, 4.69) is 9.68 Å². The van der Waals surface area contributed by atoms with Crippen LogP contribution in [0.5, 0.6) is 0 Å². The van der Waals surface area contributed by atoms with Gasteiger partial charge in [-0.15, -0.1) is 4.36 Å². The first-order valence-corrected chi connectivity index (χ1v) is 9.82. The molecule has 2 aromatic rings. The highest BCUT2D eigenvalue weighted by Gasteiger charge is 2.12. The van der Waals surface area contributed by atoms with Gasteiger partial charge in [0.05, 0.1) is 5.69 Å². The van der Waals surface area contributed by atoms with Crippen LogP contribution in [-0.2, 0) is 24.9 Å². The van der Waals surface area contributed by atoms with Gasteiger partial charge < -0.3 is 15.1 Å². The summed E-state index contributed by atoms with van der Waals surface area (Å²) in [5.74, 6) is -0.477. The van der Waals surface area contributed by atoms with E-state index in [-0.39, 0.29) is 23.4 Å². The minimum atomic E-state index is -2.61. The van der Waals surface area contributed by atoms with Gasteiger partial charge in [-0.2, -0.15) is 8.42 Å². The summed E-state index contributed by atoms with van der Waals surface area (Å²) in [7, 11) is 0.485. The average molecular weight is 433 g/mol. The second-order valence-corrected chi connectivity index (χ2v) is 6.84. The van der Waals surface area contributed by atoms with Crippen molar-refractivity contribution in [1.82, 2.24) is 0 Å². The molecule has 30 heavy (non-hydrogen) atoms. The Labute approximate surface area is 177 Å². The number of hydrogen-bond acceptors (Lipinski definition) is 6. The smallest absolute Gasteiger partial charge is 0.316 e. The van der Waals surface area contributed by atoms with Gasteiger partial charge in [-0.25, -0.2) is 0 Å². The van der Waals surface area contributed by atoms with Gasteiger partial charge in [-0.05, 0) is 30.3 Å². The molecule has 0 saturated carbocycles. The van der Waals surface area contributed by atoms with E-state index in [4.69, 9.17) is 0 Å². The molecule has 0 saturated heterocycles. The highest BCUT2D eigenvalue weighted by molar-refractivity contribution is 7.61. The van der Waals surface area contributed by atoms with Crippen molar-refractivity contribution in [2.45, 2.75) is 20.8 Å². The first kappa shape index (κ1) is 24.5. The zero-order valence-electron chi connectivity index (χ0n) is 17.4. The lowest BCUT2D eigenvalue weighted by Gasteiger charge is -2.20. The Balaban J connectivity index is 0.000000375. The molecule has 0 aliphatic rings. The third-order valence-electron chi connectivity index (χ3n) is 3.88. The maximum Gasteiger partial charge on any atom is 0.316 e. The summed E-state index contributed by atoms with van der Waals surface area (Å²) < 4.78 is 24.7. The predicted octanol–water partition coefficient (Wildman–Crippen LogP) is 2.99. The molecule has 0 aromatic heterocycles. The molecule has 9 nitrogen and oxygen atoms in total. The number of nitrogens with zero attached hydrogens (tertiary/aromatic N) is 3. The summed E-state index contributed by atoms with van der Waals surface area (Å²) >= 11 is 0. The van der Waals surface area contributed by atoms with Gasteiger partial charge in [0.25, 0.3) is 0 Å². The molecule has 160 valence electrons. The molecule has 2 rings (SSSR count). The molecule has 0 atom stereocenters. The number of amides is 3. The number of rotatable bonds is 4. The Hall–Kier alpha value is -3.53. The van der Waals surface area contributed by atoms with Crippen LogP contribution in [0.3, 0.4) is 0 Å². The molecular formula is C20H24N4O5S. The van der Waals surface area contributed by atoms with Crippen molar-refractivity contribution in [2.75, 3.05) is 29.2 Å². The van der Waals surface area contributed by atoms with Gasteiger partial charge in [0.2, 0.25) is 17.7 Å². The maximum atomic E-state index is 11.4. The maximum absolute atomic E-state index is 11.4. The standard InChI is InChI=1S/C12H15N3O4S.C8H9NO/c1-8(16)14(3)11-5-10(13-20(18)19)6-12(7-11)15(4)9(2)17;1-7(10)9-8-5-3-2-4-6-8/h5-7H,1-4H3;2-6H,1H3,(H,9,10). The second-order valence-electron chi connectivity index (χ2n) is 6.22. The van der Waals surface area contributed by atoms with E-state index < -0.39 is 10.5 Å². The Morgan fingerprint density at radius 2 is 1.30 bits per heavy atom. The molecule has 0 aliphatic carbocycles. The van der Waals surface area contributed by atoms with E-state index in [9.17, 15) is 22.8 Å². The third-order valence-corrected chi connectivity index (χ3v) is 4.24. The van der Waals surface area contributed by atoms with Gasteiger partial charge in [0.15, 0.2) is 0 Å². The quantitative estimate of drug-likeness (QED) is 0.797. The van der Waals surface area contributed by atoms with Crippen molar-refractivity contribution in [1.29, 1.82) is 0 Å². The van der Waals surface area contributed by atoms with E-state index >= 15 is 0 Å². The zero-order chi connectivity index (χ0) is 22.8. The van der Waals surface area contributed by atoms with Crippen LogP contribution >= 0.6 is 0 Å². The summed E-state index contributed by atoms with van der Waals surface area (Å²) in [5, 5.41) is 2.67. The van der Waals surface area contributed by atoms with E-state index in [1.54, 1.807) is 20.2 Å². The van der Waals surface area contributed by atoms with Crippen molar-refractivity contribution in [2.24, 2.45) is 4.36 Å². The molecule has 0 spiro atoms. The molecule has 2 aromatic carbocycles. The van der Waals surface area contributed by atoms with Gasteiger partial charge in [-0.1, -0.05) is 18.2 Å². The van der Waals surface area contributed by atoms with Crippen molar-refractivity contribution >= 4 is 51.0 Å². The van der Waals surface area contributed by atoms with E-state index in [0.29, 0.717) is 11.4 Å². The molecule has 0 radical (unpaired) electrons. The minimum Gasteiger partial charge on any atom is -0.326 e. The Morgan fingerprint density at radius 3 is 1.67 bits per heavy atom. The van der Waals surface area contributed by atoms with Crippen molar-refractivity contribution in [3.8, 4) is 0 Å². The molecule has 0 unspecified atom stereocenters. The van der Waals surface area contributed by atoms with Crippen LogP contribution in [0.1, 0.15) is 20.8 Å². The highest BCUT2D eigenvalue weighted by atomic mass is 32.2. The predicted molar refractivity (Wildman–Crippen MR) is 116 cm³/mol. The number of para-hydroxylation sites is 1. The first-order chi connectivity index (χ1) is 14.0. The normalized spacial score (nSPS) is 9.50. The van der Waals surface area contributed by atoms with Crippen LogP contribution in [0.2, 0.25) is 0 Å². The summed E-state index contributed by atoms with van der Waals surface area (Å²) in [6.45, 7) is 4.25. The van der Waals surface area contributed by atoms with Crippen LogP contribution in [0.25, 0.3) is 0 Å². The fraction of sp³-hybridized carbons (Fsp3) is 0.250.